The van der Waals surface area contributed by atoms with Gasteiger partial charge in [-0.3, -0.25) is 10.1 Å². The Morgan fingerprint density at radius 3 is 2.86 bits per heavy atom. The van der Waals surface area contributed by atoms with E-state index in [4.69, 9.17) is 20.8 Å². The zero-order valence-corrected chi connectivity index (χ0v) is 17.2. The number of aromatic nitrogens is 1. The number of halogens is 1. The van der Waals surface area contributed by atoms with Crippen molar-refractivity contribution in [3.05, 3.63) is 75.7 Å². The summed E-state index contributed by atoms with van der Waals surface area (Å²) in [6.07, 6.45) is 1.62. The van der Waals surface area contributed by atoms with Gasteiger partial charge in [-0.05, 0) is 36.8 Å². The highest BCUT2D eigenvalue weighted by atomic mass is 35.5. The van der Waals surface area contributed by atoms with E-state index in [1.807, 2.05) is 25.1 Å². The Morgan fingerprint density at radius 2 is 2.10 bits per heavy atom. The first-order valence-electron chi connectivity index (χ1n) is 8.68. The van der Waals surface area contributed by atoms with E-state index in [1.54, 1.807) is 43.0 Å². The Morgan fingerprint density at radius 1 is 1.28 bits per heavy atom. The fraction of sp³-hybridized carbons (Fsp3) is 0.0952. The van der Waals surface area contributed by atoms with Gasteiger partial charge in [0.2, 0.25) is 5.55 Å². The van der Waals surface area contributed by atoms with Crippen LogP contribution in [0.5, 0.6) is 5.75 Å². The zero-order valence-electron chi connectivity index (χ0n) is 15.6. The van der Waals surface area contributed by atoms with E-state index >= 15 is 0 Å². The van der Waals surface area contributed by atoms with Gasteiger partial charge < -0.3 is 9.15 Å². The van der Waals surface area contributed by atoms with Gasteiger partial charge in [0.1, 0.15) is 5.56 Å². The number of nitrogens with one attached hydrogen (secondary N) is 1. The number of carbonyl (C=O) groups is 1. The maximum absolute atomic E-state index is 13.0. The van der Waals surface area contributed by atoms with Gasteiger partial charge in [0.05, 0.1) is 12.8 Å². The summed E-state index contributed by atoms with van der Waals surface area (Å²) in [5.74, 6) is 0.181. The summed E-state index contributed by atoms with van der Waals surface area (Å²) in [7, 11) is 1.56. The number of nitrogens with zero attached hydrogens (tertiary/aromatic N) is 2. The second kappa shape index (κ2) is 8.06. The van der Waals surface area contributed by atoms with Gasteiger partial charge in [-0.2, -0.15) is 0 Å². The predicted molar refractivity (Wildman–Crippen MR) is 114 cm³/mol. The van der Waals surface area contributed by atoms with Crippen LogP contribution in [-0.4, -0.2) is 18.0 Å². The molecular weight excluding hydrogens is 410 g/mol. The molecule has 0 bridgehead atoms. The third kappa shape index (κ3) is 3.87. The smallest absolute Gasteiger partial charge is 0.262 e. The van der Waals surface area contributed by atoms with Gasteiger partial charge in [-0.15, -0.1) is 11.3 Å². The number of amides is 1. The van der Waals surface area contributed by atoms with Crippen molar-refractivity contribution in [2.24, 2.45) is 4.99 Å². The highest BCUT2D eigenvalue weighted by molar-refractivity contribution is 7.13. The SMILES string of the molecule is COc1cccc2cc(C(=O)Nc3nccs3)c(=Nc3cccc(Cl)c3C)oc12. The lowest BCUT2D eigenvalue weighted by molar-refractivity contribution is 0.102. The molecule has 0 saturated heterocycles. The van der Waals surface area contributed by atoms with Crippen molar-refractivity contribution in [2.75, 3.05) is 12.4 Å². The molecule has 1 N–H and O–H groups in total. The number of rotatable bonds is 4. The van der Waals surface area contributed by atoms with Crippen molar-refractivity contribution in [3.63, 3.8) is 0 Å². The van der Waals surface area contributed by atoms with Gasteiger partial charge in [0.15, 0.2) is 16.5 Å². The van der Waals surface area contributed by atoms with E-state index in [-0.39, 0.29) is 17.0 Å². The maximum Gasteiger partial charge on any atom is 0.262 e. The zero-order chi connectivity index (χ0) is 20.4. The van der Waals surface area contributed by atoms with E-state index in [0.717, 1.165) is 10.9 Å². The molecule has 8 heteroatoms. The molecule has 4 rings (SSSR count). The molecule has 0 aliphatic rings. The lowest BCUT2D eigenvalue weighted by Crippen LogP contribution is -2.21. The Hall–Kier alpha value is -3.16. The van der Waals surface area contributed by atoms with E-state index in [2.05, 4.69) is 15.3 Å². The number of anilines is 1. The average molecular weight is 426 g/mol. The van der Waals surface area contributed by atoms with Gasteiger partial charge >= 0.3 is 0 Å². The standard InChI is InChI=1S/C21H16ClN3O3S/c1-12-15(22)6-4-7-16(12)24-20-14(19(26)25-21-23-9-10-29-21)11-13-5-3-8-17(27-2)18(13)28-20/h3-11H,1-2H3,(H,23,25,26). The Labute approximate surface area is 175 Å². The summed E-state index contributed by atoms with van der Waals surface area (Å²) in [6, 6.07) is 12.6. The molecule has 146 valence electrons. The molecule has 0 fully saturated rings. The number of methoxy groups -OCH3 is 1. The molecule has 0 spiro atoms. The molecular formula is C21H16ClN3O3S. The van der Waals surface area contributed by atoms with Gasteiger partial charge in [-0.1, -0.05) is 29.8 Å². The summed E-state index contributed by atoms with van der Waals surface area (Å²) in [4.78, 5) is 21.6. The van der Waals surface area contributed by atoms with Crippen LogP contribution in [0.4, 0.5) is 10.8 Å². The number of hydrogen-bond acceptors (Lipinski definition) is 6. The summed E-state index contributed by atoms with van der Waals surface area (Å²) < 4.78 is 11.4. The monoisotopic (exact) mass is 425 g/mol. The molecule has 0 radical (unpaired) electrons. The predicted octanol–water partition coefficient (Wildman–Crippen LogP) is 5.34. The summed E-state index contributed by atoms with van der Waals surface area (Å²) in [5, 5.41) is 6.35. The number of carbonyl (C=O) groups excluding carboxylic acids is 1. The molecule has 2 aromatic carbocycles. The van der Waals surface area contributed by atoms with E-state index in [9.17, 15) is 4.79 Å². The van der Waals surface area contributed by atoms with E-state index in [1.165, 1.54) is 11.3 Å². The van der Waals surface area contributed by atoms with Crippen molar-refractivity contribution in [1.29, 1.82) is 0 Å². The van der Waals surface area contributed by atoms with E-state index < -0.39 is 0 Å². The molecule has 0 aliphatic carbocycles. The number of benzene rings is 2. The summed E-state index contributed by atoms with van der Waals surface area (Å²) in [6.45, 7) is 1.86. The minimum Gasteiger partial charge on any atom is -0.493 e. The van der Waals surface area contributed by atoms with Gasteiger partial charge in [-0.25, -0.2) is 9.98 Å². The molecule has 2 aromatic heterocycles. The van der Waals surface area contributed by atoms with Crippen LogP contribution >= 0.6 is 22.9 Å². The summed E-state index contributed by atoms with van der Waals surface area (Å²) in [5.41, 5.74) is 2.33. The number of thiazole rings is 1. The second-order valence-corrected chi connectivity index (χ2v) is 7.43. The first kappa shape index (κ1) is 19.2. The number of para-hydroxylation sites is 1. The van der Waals surface area contributed by atoms with Gasteiger partial charge in [0, 0.05) is 22.0 Å². The second-order valence-electron chi connectivity index (χ2n) is 6.13. The normalized spacial score (nSPS) is 11.6. The van der Waals surface area contributed by atoms with Crippen molar-refractivity contribution >= 4 is 50.6 Å². The molecule has 6 nitrogen and oxygen atoms in total. The van der Waals surface area contributed by atoms with Crippen LogP contribution in [0.25, 0.3) is 11.0 Å². The van der Waals surface area contributed by atoms with Crippen molar-refractivity contribution < 1.29 is 13.9 Å². The third-order valence-electron chi connectivity index (χ3n) is 4.32. The lowest BCUT2D eigenvalue weighted by atomic mass is 10.1. The molecule has 29 heavy (non-hydrogen) atoms. The van der Waals surface area contributed by atoms with Crippen LogP contribution < -0.4 is 15.6 Å². The average Bonchev–Trinajstić information content (AvgIpc) is 3.23. The maximum atomic E-state index is 13.0. The van der Waals surface area contributed by atoms with Crippen molar-refractivity contribution in [2.45, 2.75) is 6.92 Å². The summed E-state index contributed by atoms with van der Waals surface area (Å²) >= 11 is 7.55. The number of ether oxygens (including phenoxy) is 1. The molecule has 2 heterocycles. The largest absolute Gasteiger partial charge is 0.493 e. The number of hydrogen-bond donors (Lipinski definition) is 1. The molecule has 0 atom stereocenters. The Kier molecular flexibility index (Phi) is 5.33. The fourth-order valence-electron chi connectivity index (χ4n) is 2.81. The highest BCUT2D eigenvalue weighted by Crippen LogP contribution is 2.27. The molecule has 0 aliphatic heterocycles. The van der Waals surface area contributed by atoms with Crippen LogP contribution in [0, 0.1) is 6.92 Å². The first-order valence-corrected chi connectivity index (χ1v) is 9.94. The molecule has 0 unspecified atom stereocenters. The molecule has 0 saturated carbocycles. The van der Waals surface area contributed by atoms with Crippen LogP contribution in [0.2, 0.25) is 5.02 Å². The fourth-order valence-corrected chi connectivity index (χ4v) is 3.50. The lowest BCUT2D eigenvalue weighted by Gasteiger charge is -2.08. The Balaban J connectivity index is 1.95. The molecule has 4 aromatic rings. The van der Waals surface area contributed by atoms with Crippen molar-refractivity contribution in [1.82, 2.24) is 4.98 Å². The molecule has 1 amide bonds. The first-order chi connectivity index (χ1) is 14.1. The topological polar surface area (TPSA) is 76.7 Å². The highest BCUT2D eigenvalue weighted by Gasteiger charge is 2.16. The van der Waals surface area contributed by atoms with Crippen molar-refractivity contribution in [3.8, 4) is 5.75 Å². The van der Waals surface area contributed by atoms with Gasteiger partial charge in [0.25, 0.3) is 5.91 Å². The van der Waals surface area contributed by atoms with Crippen LogP contribution in [-0.2, 0) is 0 Å². The van der Waals surface area contributed by atoms with Crippen LogP contribution in [0.1, 0.15) is 15.9 Å². The third-order valence-corrected chi connectivity index (χ3v) is 5.41. The van der Waals surface area contributed by atoms with E-state index in [0.29, 0.717) is 27.2 Å². The minimum atomic E-state index is -0.369. The van der Waals surface area contributed by atoms with Crippen LogP contribution in [0.15, 0.2) is 63.5 Å². The Bertz CT molecular complexity index is 1270. The number of fused-ring (bicyclic) bond motifs is 1. The van der Waals surface area contributed by atoms with Crippen LogP contribution in [0.3, 0.4) is 0 Å². The minimum absolute atomic E-state index is 0.154. The quantitative estimate of drug-likeness (QED) is 0.478.